The number of carbonyl (C=O) groups excluding carboxylic acids is 2. The molecule has 0 aliphatic rings. The number of furan rings is 1. The molecule has 0 saturated heterocycles. The van der Waals surface area contributed by atoms with Crippen molar-refractivity contribution in [3.05, 3.63) is 93.2 Å². The Morgan fingerprint density at radius 1 is 1.00 bits per heavy atom. The third kappa shape index (κ3) is 4.81. The highest BCUT2D eigenvalue weighted by molar-refractivity contribution is 6.37. The van der Waals surface area contributed by atoms with Crippen molar-refractivity contribution >= 4 is 45.9 Å². The van der Waals surface area contributed by atoms with Gasteiger partial charge in [0, 0.05) is 40.8 Å². The maximum Gasteiger partial charge on any atom is 0.251 e. The van der Waals surface area contributed by atoms with E-state index in [4.69, 9.17) is 32.4 Å². The van der Waals surface area contributed by atoms with Crippen LogP contribution in [0.2, 0.25) is 10.0 Å². The molecule has 33 heavy (non-hydrogen) atoms. The van der Waals surface area contributed by atoms with Gasteiger partial charge in [0.25, 0.3) is 5.91 Å². The molecule has 0 atom stereocenters. The third-order valence-corrected chi connectivity index (χ3v) is 5.92. The average molecular weight is 482 g/mol. The molecule has 0 bridgehead atoms. The molecular weight excluding hydrogens is 461 g/mol. The highest BCUT2D eigenvalue weighted by Crippen LogP contribution is 2.33. The van der Waals surface area contributed by atoms with Gasteiger partial charge in [0.05, 0.1) is 11.6 Å². The number of benzene rings is 3. The normalized spacial score (nSPS) is 11.0. The fraction of sp³-hybridized carbons (Fsp3) is 0.154. The van der Waals surface area contributed by atoms with Crippen molar-refractivity contribution in [2.24, 2.45) is 0 Å². The molecular formula is C26H21Cl2NO4. The summed E-state index contributed by atoms with van der Waals surface area (Å²) in [5.41, 5.74) is 3.92. The van der Waals surface area contributed by atoms with E-state index in [1.807, 2.05) is 43.3 Å². The van der Waals surface area contributed by atoms with Crippen LogP contribution in [0.25, 0.3) is 22.1 Å². The topological polar surface area (TPSA) is 68.5 Å². The summed E-state index contributed by atoms with van der Waals surface area (Å²) in [6, 6.07) is 17.8. The second kappa shape index (κ2) is 9.79. The van der Waals surface area contributed by atoms with Crippen molar-refractivity contribution in [3.8, 4) is 11.1 Å². The first-order valence-electron chi connectivity index (χ1n) is 10.3. The van der Waals surface area contributed by atoms with E-state index in [0.717, 1.165) is 22.1 Å². The highest BCUT2D eigenvalue weighted by Gasteiger charge is 2.22. The first-order valence-corrected chi connectivity index (χ1v) is 11.0. The van der Waals surface area contributed by atoms with E-state index in [1.54, 1.807) is 25.3 Å². The van der Waals surface area contributed by atoms with Crippen LogP contribution in [0.4, 0.5) is 0 Å². The summed E-state index contributed by atoms with van der Waals surface area (Å²) in [4.78, 5) is 25.5. The van der Waals surface area contributed by atoms with Crippen LogP contribution in [0.3, 0.4) is 0 Å². The average Bonchev–Trinajstić information content (AvgIpc) is 3.14. The zero-order valence-electron chi connectivity index (χ0n) is 18.1. The van der Waals surface area contributed by atoms with E-state index in [0.29, 0.717) is 34.9 Å². The first-order chi connectivity index (χ1) is 15.9. The number of hydrogen-bond acceptors (Lipinski definition) is 4. The zero-order chi connectivity index (χ0) is 23.5. The largest absolute Gasteiger partial charge is 0.452 e. The molecule has 4 aromatic rings. The monoisotopic (exact) mass is 481 g/mol. The lowest BCUT2D eigenvalue weighted by molar-refractivity contribution is 0.0936. The van der Waals surface area contributed by atoms with Crippen molar-refractivity contribution in [1.29, 1.82) is 0 Å². The minimum Gasteiger partial charge on any atom is -0.452 e. The van der Waals surface area contributed by atoms with E-state index < -0.39 is 0 Å². The maximum atomic E-state index is 13.1. The molecule has 4 rings (SSSR count). The van der Waals surface area contributed by atoms with Crippen LogP contribution < -0.4 is 5.32 Å². The molecule has 7 heteroatoms. The molecule has 1 N–H and O–H groups in total. The van der Waals surface area contributed by atoms with Crippen molar-refractivity contribution < 1.29 is 18.7 Å². The highest BCUT2D eigenvalue weighted by atomic mass is 35.5. The number of ether oxygens (including phenoxy) is 1. The lowest BCUT2D eigenvalue weighted by Gasteiger charge is -2.07. The number of carbonyl (C=O) groups is 2. The SMILES string of the molecule is COCCNC(=O)c1cccc(-c2ccc3c(C)c(C(=O)c4ccc(Cl)cc4Cl)oc3c2)c1. The van der Waals surface area contributed by atoms with E-state index >= 15 is 0 Å². The molecule has 0 spiro atoms. The summed E-state index contributed by atoms with van der Waals surface area (Å²) < 4.78 is 10.9. The number of fused-ring (bicyclic) bond motifs is 1. The van der Waals surface area contributed by atoms with Crippen molar-refractivity contribution in [3.63, 3.8) is 0 Å². The van der Waals surface area contributed by atoms with E-state index in [9.17, 15) is 9.59 Å². The number of ketones is 1. The number of rotatable bonds is 7. The second-order valence-corrected chi connectivity index (χ2v) is 8.39. The molecule has 1 aromatic heterocycles. The Kier molecular flexibility index (Phi) is 6.84. The second-order valence-electron chi connectivity index (χ2n) is 7.55. The fourth-order valence-electron chi connectivity index (χ4n) is 3.63. The van der Waals surface area contributed by atoms with Crippen LogP contribution in [0.1, 0.15) is 32.0 Å². The van der Waals surface area contributed by atoms with E-state index in [1.165, 1.54) is 6.07 Å². The number of halogens is 2. The number of nitrogens with one attached hydrogen (secondary N) is 1. The molecule has 168 valence electrons. The molecule has 0 saturated carbocycles. The fourth-order valence-corrected chi connectivity index (χ4v) is 4.12. The van der Waals surface area contributed by atoms with Gasteiger partial charge in [-0.3, -0.25) is 9.59 Å². The first kappa shape index (κ1) is 23.1. The van der Waals surface area contributed by atoms with Crippen LogP contribution >= 0.6 is 23.2 Å². The van der Waals surface area contributed by atoms with Crippen LogP contribution in [-0.2, 0) is 4.74 Å². The maximum absolute atomic E-state index is 13.1. The summed E-state index contributed by atoms with van der Waals surface area (Å²) in [6.45, 7) is 2.72. The van der Waals surface area contributed by atoms with Gasteiger partial charge in [0.15, 0.2) is 5.76 Å². The molecule has 0 unspecified atom stereocenters. The number of amides is 1. The minimum atomic E-state index is -0.304. The van der Waals surface area contributed by atoms with E-state index in [2.05, 4.69) is 5.32 Å². The van der Waals surface area contributed by atoms with Gasteiger partial charge in [-0.25, -0.2) is 0 Å². The summed E-state index contributed by atoms with van der Waals surface area (Å²) in [5, 5.41) is 4.38. The Hall–Kier alpha value is -3.12. The summed E-state index contributed by atoms with van der Waals surface area (Å²) in [6.07, 6.45) is 0. The number of methoxy groups -OCH3 is 1. The predicted molar refractivity (Wildman–Crippen MR) is 130 cm³/mol. The lowest BCUT2D eigenvalue weighted by Crippen LogP contribution is -2.26. The summed E-state index contributed by atoms with van der Waals surface area (Å²) in [7, 11) is 1.59. The Morgan fingerprint density at radius 2 is 1.79 bits per heavy atom. The van der Waals surface area contributed by atoms with Crippen molar-refractivity contribution in [1.82, 2.24) is 5.32 Å². The van der Waals surface area contributed by atoms with Crippen LogP contribution in [0, 0.1) is 6.92 Å². The molecule has 1 heterocycles. The van der Waals surface area contributed by atoms with Gasteiger partial charge >= 0.3 is 0 Å². The summed E-state index contributed by atoms with van der Waals surface area (Å²) in [5.74, 6) is -0.240. The van der Waals surface area contributed by atoms with Gasteiger partial charge in [-0.05, 0) is 54.4 Å². The molecule has 3 aromatic carbocycles. The molecule has 5 nitrogen and oxygen atoms in total. The third-order valence-electron chi connectivity index (χ3n) is 5.37. The zero-order valence-corrected chi connectivity index (χ0v) is 19.6. The van der Waals surface area contributed by atoms with Crippen LogP contribution in [0.5, 0.6) is 0 Å². The number of hydrogen-bond donors (Lipinski definition) is 1. The molecule has 0 aliphatic heterocycles. The van der Waals surface area contributed by atoms with Gasteiger partial charge < -0.3 is 14.5 Å². The van der Waals surface area contributed by atoms with Gasteiger partial charge in [0.1, 0.15) is 5.58 Å². The quantitative estimate of drug-likeness (QED) is 0.247. The molecule has 0 radical (unpaired) electrons. The Bertz CT molecular complexity index is 1360. The smallest absolute Gasteiger partial charge is 0.251 e. The predicted octanol–water partition coefficient (Wildman–Crippen LogP) is 6.32. The Balaban J connectivity index is 1.66. The van der Waals surface area contributed by atoms with Gasteiger partial charge in [-0.1, -0.05) is 47.5 Å². The van der Waals surface area contributed by atoms with Crippen molar-refractivity contribution in [2.45, 2.75) is 6.92 Å². The standard InChI is InChI=1S/C26H21Cl2NO4/c1-15-20-8-6-17(16-4-3-5-18(12-16)26(31)29-10-11-32-2)13-23(20)33-25(15)24(30)21-9-7-19(27)14-22(21)28/h3-9,12-14H,10-11H2,1-2H3,(H,29,31). The van der Waals surface area contributed by atoms with Gasteiger partial charge in [-0.15, -0.1) is 0 Å². The van der Waals surface area contributed by atoms with Crippen LogP contribution in [-0.4, -0.2) is 32.0 Å². The molecule has 0 fully saturated rings. The van der Waals surface area contributed by atoms with Gasteiger partial charge in [0.2, 0.25) is 5.78 Å². The Morgan fingerprint density at radius 3 is 2.55 bits per heavy atom. The Labute approximate surface area is 201 Å². The van der Waals surface area contributed by atoms with Crippen LogP contribution in [0.15, 0.2) is 65.1 Å². The molecule has 1 amide bonds. The van der Waals surface area contributed by atoms with Crippen molar-refractivity contribution in [2.75, 3.05) is 20.3 Å². The lowest BCUT2D eigenvalue weighted by atomic mass is 10.0. The van der Waals surface area contributed by atoms with Gasteiger partial charge in [-0.2, -0.15) is 0 Å². The number of aryl methyl sites for hydroxylation is 1. The van der Waals surface area contributed by atoms with E-state index in [-0.39, 0.29) is 22.5 Å². The minimum absolute atomic E-state index is 0.170. The summed E-state index contributed by atoms with van der Waals surface area (Å²) >= 11 is 12.2. The molecule has 0 aliphatic carbocycles.